The second-order valence-electron chi connectivity index (χ2n) is 2.56. The summed E-state index contributed by atoms with van der Waals surface area (Å²) in [6.45, 7) is 0. The Kier molecular flexibility index (Phi) is 1.07. The molecule has 0 aromatic heterocycles. The van der Waals surface area contributed by atoms with Crippen molar-refractivity contribution >= 4 is 5.71 Å². The Labute approximate surface area is 53.9 Å². The maximum absolute atomic E-state index is 3.98. The van der Waals surface area contributed by atoms with E-state index < -0.39 is 0 Å². The SMILES string of the molecule is C1CCC2N=NN=C2C1. The lowest BCUT2D eigenvalue weighted by Crippen LogP contribution is -2.19. The molecule has 2 aliphatic rings. The first-order valence-electron chi connectivity index (χ1n) is 3.43. The largest absolute Gasteiger partial charge is 0.159 e. The third kappa shape index (κ3) is 0.763. The van der Waals surface area contributed by atoms with E-state index in [1.807, 2.05) is 0 Å². The van der Waals surface area contributed by atoms with E-state index >= 15 is 0 Å². The molecule has 0 N–H and O–H groups in total. The van der Waals surface area contributed by atoms with Crippen molar-refractivity contribution in [3.05, 3.63) is 0 Å². The first kappa shape index (κ1) is 5.09. The van der Waals surface area contributed by atoms with Crippen LogP contribution in [0.2, 0.25) is 0 Å². The van der Waals surface area contributed by atoms with Gasteiger partial charge in [0, 0.05) is 0 Å². The third-order valence-electron chi connectivity index (χ3n) is 1.91. The van der Waals surface area contributed by atoms with Gasteiger partial charge in [0.15, 0.2) is 0 Å². The molecule has 3 heteroatoms. The highest BCUT2D eigenvalue weighted by Crippen LogP contribution is 2.22. The van der Waals surface area contributed by atoms with E-state index in [4.69, 9.17) is 0 Å². The van der Waals surface area contributed by atoms with Crippen molar-refractivity contribution < 1.29 is 0 Å². The van der Waals surface area contributed by atoms with Crippen LogP contribution in [-0.4, -0.2) is 11.8 Å². The van der Waals surface area contributed by atoms with Crippen LogP contribution < -0.4 is 0 Å². The molecule has 3 nitrogen and oxygen atoms in total. The summed E-state index contributed by atoms with van der Waals surface area (Å²) in [6.07, 6.45) is 4.86. The number of nitrogens with zero attached hydrogens (tertiary/aromatic N) is 3. The van der Waals surface area contributed by atoms with Gasteiger partial charge in [-0.25, -0.2) is 0 Å². The van der Waals surface area contributed by atoms with Gasteiger partial charge in [0.25, 0.3) is 0 Å². The zero-order valence-corrected chi connectivity index (χ0v) is 5.25. The highest BCUT2D eigenvalue weighted by atomic mass is 15.4. The molecule has 0 spiro atoms. The topological polar surface area (TPSA) is 37.1 Å². The van der Waals surface area contributed by atoms with E-state index in [2.05, 4.69) is 15.4 Å². The lowest BCUT2D eigenvalue weighted by atomic mass is 9.94. The van der Waals surface area contributed by atoms with Crippen molar-refractivity contribution in [2.45, 2.75) is 31.7 Å². The fraction of sp³-hybridized carbons (Fsp3) is 0.833. The van der Waals surface area contributed by atoms with Gasteiger partial charge in [-0.2, -0.15) is 5.11 Å². The van der Waals surface area contributed by atoms with Crippen LogP contribution in [-0.2, 0) is 0 Å². The fourth-order valence-electron chi connectivity index (χ4n) is 1.36. The Morgan fingerprint density at radius 3 is 3.22 bits per heavy atom. The molecule has 0 saturated heterocycles. The number of fused-ring (bicyclic) bond motifs is 1. The molecule has 2 rings (SSSR count). The zero-order valence-electron chi connectivity index (χ0n) is 5.25. The molecule has 1 saturated carbocycles. The summed E-state index contributed by atoms with van der Waals surface area (Å²) in [4.78, 5) is 0. The van der Waals surface area contributed by atoms with Gasteiger partial charge < -0.3 is 0 Å². The fourth-order valence-corrected chi connectivity index (χ4v) is 1.36. The average molecular weight is 123 g/mol. The van der Waals surface area contributed by atoms with Gasteiger partial charge in [-0.15, -0.1) is 5.10 Å². The predicted octanol–water partition coefficient (Wildman–Crippen LogP) is 1.75. The molecule has 1 atom stereocenters. The van der Waals surface area contributed by atoms with Gasteiger partial charge in [0.1, 0.15) is 6.04 Å². The van der Waals surface area contributed by atoms with E-state index in [1.54, 1.807) is 0 Å². The average Bonchev–Trinajstić information content (AvgIpc) is 2.33. The second-order valence-corrected chi connectivity index (χ2v) is 2.56. The van der Waals surface area contributed by atoms with Crippen molar-refractivity contribution in [2.75, 3.05) is 0 Å². The molecule has 0 aromatic carbocycles. The second kappa shape index (κ2) is 1.90. The van der Waals surface area contributed by atoms with Gasteiger partial charge in [0.2, 0.25) is 0 Å². The van der Waals surface area contributed by atoms with Crippen molar-refractivity contribution in [3.63, 3.8) is 0 Å². The lowest BCUT2D eigenvalue weighted by molar-refractivity contribution is 0.609. The first-order chi connectivity index (χ1) is 4.47. The van der Waals surface area contributed by atoms with Gasteiger partial charge in [-0.3, -0.25) is 0 Å². The summed E-state index contributed by atoms with van der Waals surface area (Å²) in [5.74, 6) is 0. The van der Waals surface area contributed by atoms with E-state index in [9.17, 15) is 0 Å². The molecule has 1 aliphatic heterocycles. The Morgan fingerprint density at radius 1 is 1.33 bits per heavy atom. The van der Waals surface area contributed by atoms with Gasteiger partial charge >= 0.3 is 0 Å². The van der Waals surface area contributed by atoms with Gasteiger partial charge in [-0.05, 0) is 24.5 Å². The van der Waals surface area contributed by atoms with E-state index in [1.165, 1.54) is 25.0 Å². The molecule has 9 heavy (non-hydrogen) atoms. The third-order valence-corrected chi connectivity index (χ3v) is 1.91. The van der Waals surface area contributed by atoms with E-state index in [0.717, 1.165) is 6.42 Å². The summed E-state index contributed by atoms with van der Waals surface area (Å²) in [5, 5.41) is 11.6. The number of hydrogen-bond donors (Lipinski definition) is 0. The highest BCUT2D eigenvalue weighted by Gasteiger charge is 2.22. The molecule has 0 bridgehead atoms. The van der Waals surface area contributed by atoms with Gasteiger partial charge in [-0.1, -0.05) is 6.42 Å². The highest BCUT2D eigenvalue weighted by molar-refractivity contribution is 5.90. The number of hydrogen-bond acceptors (Lipinski definition) is 3. The van der Waals surface area contributed by atoms with Crippen molar-refractivity contribution in [2.24, 2.45) is 15.4 Å². The summed E-state index contributed by atoms with van der Waals surface area (Å²) < 4.78 is 0. The molecule has 0 radical (unpaired) electrons. The monoisotopic (exact) mass is 123 g/mol. The summed E-state index contributed by atoms with van der Waals surface area (Å²) in [5.41, 5.74) is 1.21. The Hall–Kier alpha value is -0.730. The summed E-state index contributed by atoms with van der Waals surface area (Å²) in [7, 11) is 0. The quantitative estimate of drug-likeness (QED) is 0.470. The molecule has 0 aromatic rings. The molecule has 1 aliphatic carbocycles. The van der Waals surface area contributed by atoms with Crippen LogP contribution in [0.4, 0.5) is 0 Å². The van der Waals surface area contributed by atoms with Crippen molar-refractivity contribution in [1.82, 2.24) is 0 Å². The molecular weight excluding hydrogens is 114 g/mol. The Bertz CT molecular complexity index is 171. The Morgan fingerprint density at radius 2 is 2.33 bits per heavy atom. The minimum absolute atomic E-state index is 0.374. The standard InChI is InChI=1S/C6H9N3/c1-2-4-6-5(3-1)7-9-8-6/h5H,1-4H2. The minimum atomic E-state index is 0.374. The van der Waals surface area contributed by atoms with E-state index in [-0.39, 0.29) is 0 Å². The normalized spacial score (nSPS) is 32.0. The predicted molar refractivity (Wildman–Crippen MR) is 34.5 cm³/mol. The molecular formula is C6H9N3. The number of rotatable bonds is 0. The van der Waals surface area contributed by atoms with Crippen LogP contribution in [0.15, 0.2) is 15.4 Å². The van der Waals surface area contributed by atoms with E-state index in [0.29, 0.717) is 6.04 Å². The lowest BCUT2D eigenvalue weighted by Gasteiger charge is -2.13. The Balaban J connectivity index is 2.16. The summed E-state index contributed by atoms with van der Waals surface area (Å²) in [6, 6.07) is 0.374. The maximum Gasteiger partial charge on any atom is 0.113 e. The smallest absolute Gasteiger partial charge is 0.113 e. The van der Waals surface area contributed by atoms with Crippen LogP contribution in [0.1, 0.15) is 25.7 Å². The molecule has 0 amide bonds. The van der Waals surface area contributed by atoms with Crippen LogP contribution in [0.25, 0.3) is 0 Å². The molecule has 1 unspecified atom stereocenters. The van der Waals surface area contributed by atoms with Crippen LogP contribution in [0.3, 0.4) is 0 Å². The summed E-state index contributed by atoms with van der Waals surface area (Å²) >= 11 is 0. The molecule has 48 valence electrons. The van der Waals surface area contributed by atoms with Crippen molar-refractivity contribution in [1.29, 1.82) is 0 Å². The van der Waals surface area contributed by atoms with Crippen LogP contribution in [0, 0.1) is 0 Å². The first-order valence-corrected chi connectivity index (χ1v) is 3.43. The van der Waals surface area contributed by atoms with Crippen LogP contribution >= 0.6 is 0 Å². The van der Waals surface area contributed by atoms with Gasteiger partial charge in [0.05, 0.1) is 5.71 Å². The molecule has 1 heterocycles. The van der Waals surface area contributed by atoms with Crippen LogP contribution in [0.5, 0.6) is 0 Å². The minimum Gasteiger partial charge on any atom is -0.159 e. The van der Waals surface area contributed by atoms with Crippen molar-refractivity contribution in [3.8, 4) is 0 Å². The maximum atomic E-state index is 3.98. The molecule has 1 fully saturated rings. The zero-order chi connectivity index (χ0) is 6.10.